The van der Waals surface area contributed by atoms with Crippen molar-refractivity contribution in [1.82, 2.24) is 29.8 Å². The second-order valence-electron chi connectivity index (χ2n) is 8.54. The number of carbonyl (C=O) groups is 1. The molecule has 36 heavy (non-hydrogen) atoms. The Morgan fingerprint density at radius 2 is 1.78 bits per heavy atom. The van der Waals surface area contributed by atoms with E-state index in [2.05, 4.69) is 25.3 Å². The van der Waals surface area contributed by atoms with E-state index in [-0.39, 0.29) is 23.3 Å². The molecule has 0 saturated carbocycles. The molecule has 1 unspecified atom stereocenters. The van der Waals surface area contributed by atoms with Gasteiger partial charge in [0.05, 0.1) is 25.8 Å². The van der Waals surface area contributed by atoms with Crippen molar-refractivity contribution >= 4 is 40.4 Å². The number of rotatable bonds is 7. The van der Waals surface area contributed by atoms with Gasteiger partial charge in [0.2, 0.25) is 23.8 Å². The van der Waals surface area contributed by atoms with Gasteiger partial charge in [0.15, 0.2) is 5.82 Å². The van der Waals surface area contributed by atoms with E-state index in [1.54, 1.807) is 18.2 Å². The zero-order valence-electron chi connectivity index (χ0n) is 19.7. The fourth-order valence-corrected chi connectivity index (χ4v) is 4.59. The van der Waals surface area contributed by atoms with E-state index in [1.165, 1.54) is 18.6 Å². The molecule has 14 heteroatoms. The van der Waals surface area contributed by atoms with Gasteiger partial charge < -0.3 is 24.6 Å². The minimum absolute atomic E-state index is 0.0161. The topological polar surface area (TPSA) is 111 Å². The lowest BCUT2D eigenvalue weighted by molar-refractivity contribution is -0.119. The summed E-state index contributed by atoms with van der Waals surface area (Å²) in [5.41, 5.74) is 0.145. The summed E-state index contributed by atoms with van der Waals surface area (Å²) in [6.45, 7) is 4.49. The Morgan fingerprint density at radius 1 is 1.11 bits per heavy atom. The van der Waals surface area contributed by atoms with Crippen molar-refractivity contribution in [3.8, 4) is 11.7 Å². The lowest BCUT2D eigenvalue weighted by atomic mass is 10.0. The van der Waals surface area contributed by atoms with E-state index >= 15 is 0 Å². The Bertz CT molecular complexity index is 1260. The summed E-state index contributed by atoms with van der Waals surface area (Å²) in [5, 5.41) is 2.68. The Balaban J connectivity index is 1.57. The first-order valence-electron chi connectivity index (χ1n) is 11.4. The molecule has 4 heterocycles. The third-order valence-electron chi connectivity index (χ3n) is 6.13. The molecule has 0 bridgehead atoms. The van der Waals surface area contributed by atoms with Gasteiger partial charge in [-0.05, 0) is 12.1 Å². The first-order valence-corrected chi connectivity index (χ1v) is 11.9. The van der Waals surface area contributed by atoms with Gasteiger partial charge in [-0.25, -0.2) is 13.8 Å². The first kappa shape index (κ1) is 24.4. The number of hydrogen-bond donors (Lipinski definition) is 1. The van der Waals surface area contributed by atoms with Crippen molar-refractivity contribution in [2.45, 2.75) is 18.9 Å². The maximum Gasteiger partial charge on any atom is 0.296 e. The highest BCUT2D eigenvalue weighted by Gasteiger charge is 2.36. The van der Waals surface area contributed by atoms with E-state index in [0.29, 0.717) is 62.6 Å². The third-order valence-corrected chi connectivity index (χ3v) is 6.60. The SMILES string of the molecule is COc1cccc2c1nc(C(F)F)n2-c1nc(N2CCOCC2)nc(N2CC(C(Cl)NC(C)=O)C2)n1. The normalized spacial score (nSPS) is 17.4. The van der Waals surface area contributed by atoms with E-state index < -0.39 is 17.8 Å². The van der Waals surface area contributed by atoms with Crippen LogP contribution in [0.5, 0.6) is 5.75 Å². The minimum Gasteiger partial charge on any atom is -0.494 e. The molecule has 5 rings (SSSR count). The minimum atomic E-state index is -2.88. The van der Waals surface area contributed by atoms with Crippen LogP contribution in [-0.4, -0.2) is 82.4 Å². The van der Waals surface area contributed by atoms with E-state index in [1.807, 2.05) is 9.80 Å². The zero-order chi connectivity index (χ0) is 25.4. The van der Waals surface area contributed by atoms with Gasteiger partial charge in [0.25, 0.3) is 6.43 Å². The standard InChI is InChI=1S/C22H25ClF2N8O3/c1-12(34)26-17(23)13-10-32(11-13)21-28-20(31-6-8-36-9-7-31)29-22(30-21)33-14-4-3-5-15(35-2)16(14)27-19(33)18(24)25/h3-5,13,17-18H,6-11H2,1-2H3,(H,26,34). The number of imidazole rings is 1. The van der Waals surface area contributed by atoms with Crippen LogP contribution in [0.15, 0.2) is 18.2 Å². The fraction of sp³-hybridized carbons (Fsp3) is 0.500. The first-order chi connectivity index (χ1) is 17.4. The summed E-state index contributed by atoms with van der Waals surface area (Å²) in [7, 11) is 1.46. The number of fused-ring (bicyclic) bond motifs is 1. The van der Waals surface area contributed by atoms with E-state index in [9.17, 15) is 13.6 Å². The molecule has 0 spiro atoms. The number of amides is 1. The van der Waals surface area contributed by atoms with Crippen LogP contribution >= 0.6 is 11.6 Å². The number of alkyl halides is 3. The number of para-hydroxylation sites is 1. The molecule has 3 aromatic rings. The van der Waals surface area contributed by atoms with Crippen LogP contribution in [0.4, 0.5) is 20.7 Å². The molecule has 2 fully saturated rings. The summed E-state index contributed by atoms with van der Waals surface area (Å²) in [5.74, 6) is 0.357. The zero-order valence-corrected chi connectivity index (χ0v) is 20.5. The summed E-state index contributed by atoms with van der Waals surface area (Å²) >= 11 is 6.30. The highest BCUT2D eigenvalue weighted by Crippen LogP contribution is 2.33. The average Bonchev–Trinajstić information content (AvgIpc) is 3.23. The second kappa shape index (κ2) is 9.97. The maximum absolute atomic E-state index is 14.1. The molecule has 2 aromatic heterocycles. The molecule has 2 aliphatic heterocycles. The molecule has 0 aliphatic carbocycles. The highest BCUT2D eigenvalue weighted by atomic mass is 35.5. The number of benzene rings is 1. The number of anilines is 2. The van der Waals surface area contributed by atoms with Crippen molar-refractivity contribution in [1.29, 1.82) is 0 Å². The number of nitrogens with one attached hydrogen (secondary N) is 1. The highest BCUT2D eigenvalue weighted by molar-refractivity contribution is 6.21. The smallest absolute Gasteiger partial charge is 0.296 e. The lowest BCUT2D eigenvalue weighted by Crippen LogP contribution is -2.55. The number of halogens is 3. The van der Waals surface area contributed by atoms with Crippen LogP contribution in [0.2, 0.25) is 0 Å². The summed E-state index contributed by atoms with van der Waals surface area (Å²) < 4.78 is 40.3. The number of aromatic nitrogens is 5. The third kappa shape index (κ3) is 4.60. The van der Waals surface area contributed by atoms with Crippen LogP contribution in [-0.2, 0) is 9.53 Å². The molecule has 1 amide bonds. The van der Waals surface area contributed by atoms with E-state index in [4.69, 9.17) is 21.1 Å². The van der Waals surface area contributed by atoms with Gasteiger partial charge in [-0.3, -0.25) is 9.36 Å². The fourth-order valence-electron chi connectivity index (χ4n) is 4.28. The van der Waals surface area contributed by atoms with Gasteiger partial charge in [0, 0.05) is 39.0 Å². The number of nitrogens with zero attached hydrogens (tertiary/aromatic N) is 7. The van der Waals surface area contributed by atoms with Crippen LogP contribution < -0.4 is 19.9 Å². The summed E-state index contributed by atoms with van der Waals surface area (Å²) in [6, 6.07) is 5.02. The molecule has 1 N–H and O–H groups in total. The number of hydrogen-bond acceptors (Lipinski definition) is 9. The van der Waals surface area contributed by atoms with Crippen LogP contribution in [0.1, 0.15) is 19.2 Å². The van der Waals surface area contributed by atoms with Gasteiger partial charge in [0.1, 0.15) is 16.8 Å². The molecular formula is C22H25ClF2N8O3. The summed E-state index contributed by atoms with van der Waals surface area (Å²) in [4.78, 5) is 33.1. The number of morpholine rings is 1. The average molecular weight is 523 g/mol. The predicted octanol–water partition coefficient (Wildman–Crippen LogP) is 2.13. The molecule has 1 atom stereocenters. The van der Waals surface area contributed by atoms with Crippen molar-refractivity contribution in [2.24, 2.45) is 5.92 Å². The monoisotopic (exact) mass is 522 g/mol. The van der Waals surface area contributed by atoms with Gasteiger partial charge >= 0.3 is 0 Å². The van der Waals surface area contributed by atoms with Gasteiger partial charge in [-0.2, -0.15) is 15.0 Å². The summed E-state index contributed by atoms with van der Waals surface area (Å²) in [6.07, 6.45) is -2.88. The Hall–Kier alpha value is -3.32. The molecule has 0 radical (unpaired) electrons. The van der Waals surface area contributed by atoms with Crippen LogP contribution in [0.25, 0.3) is 17.0 Å². The molecule has 11 nitrogen and oxygen atoms in total. The Morgan fingerprint density at radius 3 is 2.42 bits per heavy atom. The number of methoxy groups -OCH3 is 1. The molecule has 192 valence electrons. The van der Waals surface area contributed by atoms with E-state index in [0.717, 1.165) is 0 Å². The van der Waals surface area contributed by atoms with Gasteiger partial charge in [-0.15, -0.1) is 0 Å². The van der Waals surface area contributed by atoms with Crippen molar-refractivity contribution < 1.29 is 23.0 Å². The van der Waals surface area contributed by atoms with Gasteiger partial charge in [-0.1, -0.05) is 17.7 Å². The quantitative estimate of drug-likeness (QED) is 0.368. The van der Waals surface area contributed by atoms with Crippen molar-refractivity contribution in [3.63, 3.8) is 0 Å². The van der Waals surface area contributed by atoms with Crippen LogP contribution in [0, 0.1) is 5.92 Å². The largest absolute Gasteiger partial charge is 0.494 e. The second-order valence-corrected chi connectivity index (χ2v) is 9.01. The Labute approximate surface area is 210 Å². The molecule has 2 aliphatic rings. The van der Waals surface area contributed by atoms with Crippen molar-refractivity contribution in [3.05, 3.63) is 24.0 Å². The van der Waals surface area contributed by atoms with Crippen molar-refractivity contribution in [2.75, 3.05) is 56.3 Å². The lowest BCUT2D eigenvalue weighted by Gasteiger charge is -2.41. The number of ether oxygens (including phenoxy) is 2. The molecule has 1 aromatic carbocycles. The predicted molar refractivity (Wildman–Crippen MR) is 128 cm³/mol. The molecule has 2 saturated heterocycles. The Kier molecular flexibility index (Phi) is 6.75. The maximum atomic E-state index is 14.1. The number of carbonyl (C=O) groups excluding carboxylic acids is 1. The van der Waals surface area contributed by atoms with Crippen LogP contribution in [0.3, 0.4) is 0 Å². The molecular weight excluding hydrogens is 498 g/mol.